The van der Waals surface area contributed by atoms with Gasteiger partial charge in [0.05, 0.1) is 35.0 Å². The molecule has 0 bridgehead atoms. The van der Waals surface area contributed by atoms with Gasteiger partial charge in [0.15, 0.2) is 0 Å². The number of rotatable bonds is 10. The third-order valence-corrected chi connectivity index (χ3v) is 8.89. The Hall–Kier alpha value is -4.59. The largest absolute Gasteiger partial charge is 0.341 e. The van der Waals surface area contributed by atoms with Gasteiger partial charge in [0.2, 0.25) is 0 Å². The number of nitrogens with one attached hydrogen (secondary N) is 2. The lowest BCUT2D eigenvalue weighted by molar-refractivity contribution is 0.188. The van der Waals surface area contributed by atoms with Crippen molar-refractivity contribution >= 4 is 17.2 Å². The molecule has 1 aliphatic heterocycles. The van der Waals surface area contributed by atoms with Crippen molar-refractivity contribution < 1.29 is 0 Å². The van der Waals surface area contributed by atoms with Gasteiger partial charge in [-0.1, -0.05) is 66.7 Å². The van der Waals surface area contributed by atoms with Crippen LogP contribution in [-0.4, -0.2) is 42.9 Å². The van der Waals surface area contributed by atoms with Gasteiger partial charge in [-0.15, -0.1) is 0 Å². The van der Waals surface area contributed by atoms with Crippen LogP contribution in [0.15, 0.2) is 108 Å². The minimum absolute atomic E-state index is 0.302. The van der Waals surface area contributed by atoms with Crippen molar-refractivity contribution in [3.63, 3.8) is 0 Å². The minimum atomic E-state index is 0.302. The van der Waals surface area contributed by atoms with E-state index < -0.39 is 0 Å². The maximum absolute atomic E-state index is 4.90. The molecule has 0 radical (unpaired) electrons. The van der Waals surface area contributed by atoms with Gasteiger partial charge in [-0.3, -0.25) is 9.89 Å². The molecule has 2 N–H and O–H groups in total. The first-order valence-corrected chi connectivity index (χ1v) is 15.6. The van der Waals surface area contributed by atoms with E-state index in [1.165, 1.54) is 28.0 Å². The number of hydrogen-bond donors (Lipinski definition) is 2. The van der Waals surface area contributed by atoms with Crippen LogP contribution in [0.1, 0.15) is 46.7 Å². The molecular formula is C37H39N7. The van der Waals surface area contributed by atoms with Crippen molar-refractivity contribution in [3.8, 4) is 5.69 Å². The van der Waals surface area contributed by atoms with E-state index in [2.05, 4.69) is 114 Å². The number of imidazole rings is 1. The maximum atomic E-state index is 4.90. The van der Waals surface area contributed by atoms with Crippen LogP contribution in [0.5, 0.6) is 0 Å². The molecule has 44 heavy (non-hydrogen) atoms. The van der Waals surface area contributed by atoms with Gasteiger partial charge in [0.1, 0.15) is 5.82 Å². The first-order chi connectivity index (χ1) is 21.6. The number of aliphatic imine (C=N–C) groups is 1. The summed E-state index contributed by atoms with van der Waals surface area (Å²) in [5.74, 6) is 1.01. The smallest absolute Gasteiger partial charge is 0.121 e. The summed E-state index contributed by atoms with van der Waals surface area (Å²) in [4.78, 5) is 15.7. The van der Waals surface area contributed by atoms with Gasteiger partial charge in [-0.05, 0) is 73.7 Å². The molecule has 2 aromatic heterocycles. The molecule has 7 nitrogen and oxygen atoms in total. The highest BCUT2D eigenvalue weighted by Crippen LogP contribution is 2.29. The summed E-state index contributed by atoms with van der Waals surface area (Å²) in [5.41, 5.74) is 10.6. The number of dihydropyridines is 1. The Labute approximate surface area is 259 Å². The number of aromatic nitrogens is 4. The molecule has 0 amide bonds. The van der Waals surface area contributed by atoms with Gasteiger partial charge < -0.3 is 10.3 Å². The van der Waals surface area contributed by atoms with E-state index in [9.17, 15) is 0 Å². The number of para-hydroxylation sites is 3. The lowest BCUT2D eigenvalue weighted by Gasteiger charge is -2.34. The Bertz CT molecular complexity index is 1790. The standard InChI is InChI=1S/C37H39N7/c1-26-33(27(2)44(42-26)31-10-4-3-5-11-31)23-38-22-28-14-16-29(17-15-28)24-43(25-37-40-35-12-6-7-13-36(35)41-37)32-18-19-34-30(21-32)9-8-20-39-34/h3-17,20-21,32,34,38H,18-19,22-25H2,1-2H3,(H,40,41). The van der Waals surface area contributed by atoms with Gasteiger partial charge in [0.25, 0.3) is 0 Å². The molecular weight excluding hydrogens is 542 g/mol. The fraction of sp³-hybridized carbons (Fsp3) is 0.270. The number of aromatic amines is 1. The molecule has 0 saturated carbocycles. The van der Waals surface area contributed by atoms with E-state index in [0.717, 1.165) is 67.3 Å². The Morgan fingerprint density at radius 1 is 0.886 bits per heavy atom. The predicted octanol–water partition coefficient (Wildman–Crippen LogP) is 6.76. The van der Waals surface area contributed by atoms with Crippen molar-refractivity contribution in [1.29, 1.82) is 0 Å². The molecule has 2 unspecified atom stereocenters. The molecule has 0 spiro atoms. The quantitative estimate of drug-likeness (QED) is 0.191. The van der Waals surface area contributed by atoms with Gasteiger partial charge in [0, 0.05) is 43.1 Å². The second-order valence-electron chi connectivity index (χ2n) is 11.9. The molecule has 2 atom stereocenters. The highest BCUT2D eigenvalue weighted by Gasteiger charge is 2.27. The van der Waals surface area contributed by atoms with Gasteiger partial charge >= 0.3 is 0 Å². The number of aryl methyl sites for hydroxylation is 1. The molecule has 222 valence electrons. The zero-order valence-electron chi connectivity index (χ0n) is 25.4. The van der Waals surface area contributed by atoms with Crippen LogP contribution < -0.4 is 5.32 Å². The first kappa shape index (κ1) is 28.2. The summed E-state index contributed by atoms with van der Waals surface area (Å²) in [6.45, 7) is 7.45. The van der Waals surface area contributed by atoms with E-state index >= 15 is 0 Å². The van der Waals surface area contributed by atoms with E-state index in [1.807, 2.05) is 23.0 Å². The highest BCUT2D eigenvalue weighted by atomic mass is 15.3. The Balaban J connectivity index is 1.03. The van der Waals surface area contributed by atoms with Crippen LogP contribution >= 0.6 is 0 Å². The van der Waals surface area contributed by atoms with Crippen molar-refractivity contribution in [2.45, 2.75) is 65.0 Å². The number of hydrogen-bond acceptors (Lipinski definition) is 5. The SMILES string of the molecule is Cc1nn(-c2ccccc2)c(C)c1CNCc1ccc(CN(Cc2nc3ccccc3[nH]2)C2C=C3C=CC=NC3CC2)cc1. The van der Waals surface area contributed by atoms with Crippen LogP contribution in [0.25, 0.3) is 16.7 Å². The van der Waals surface area contributed by atoms with Crippen molar-refractivity contribution in [2.24, 2.45) is 4.99 Å². The molecule has 3 aromatic carbocycles. The summed E-state index contributed by atoms with van der Waals surface area (Å²) in [6, 6.07) is 28.3. The first-order valence-electron chi connectivity index (χ1n) is 15.6. The van der Waals surface area contributed by atoms with Crippen LogP contribution in [0.3, 0.4) is 0 Å². The normalized spacial score (nSPS) is 17.8. The van der Waals surface area contributed by atoms with Crippen LogP contribution in [0.2, 0.25) is 0 Å². The van der Waals surface area contributed by atoms with E-state index in [4.69, 9.17) is 15.1 Å². The molecule has 1 aliphatic carbocycles. The van der Waals surface area contributed by atoms with Crippen LogP contribution in [0.4, 0.5) is 0 Å². The fourth-order valence-electron chi connectivity index (χ4n) is 6.48. The monoisotopic (exact) mass is 581 g/mol. The van der Waals surface area contributed by atoms with Crippen molar-refractivity contribution in [2.75, 3.05) is 0 Å². The molecule has 7 rings (SSSR count). The van der Waals surface area contributed by atoms with E-state index in [-0.39, 0.29) is 0 Å². The predicted molar refractivity (Wildman–Crippen MR) is 178 cm³/mol. The maximum Gasteiger partial charge on any atom is 0.121 e. The number of nitrogens with zero attached hydrogens (tertiary/aromatic N) is 5. The number of fused-ring (bicyclic) bond motifs is 2. The van der Waals surface area contributed by atoms with Gasteiger partial charge in [-0.25, -0.2) is 9.67 Å². The molecule has 2 aliphatic rings. The summed E-state index contributed by atoms with van der Waals surface area (Å²) in [7, 11) is 0. The molecule has 0 saturated heterocycles. The summed E-state index contributed by atoms with van der Waals surface area (Å²) in [5, 5.41) is 8.45. The second-order valence-corrected chi connectivity index (χ2v) is 11.9. The molecule has 7 heteroatoms. The second kappa shape index (κ2) is 12.6. The topological polar surface area (TPSA) is 74.1 Å². The Morgan fingerprint density at radius 2 is 1.68 bits per heavy atom. The van der Waals surface area contributed by atoms with Crippen LogP contribution in [0, 0.1) is 13.8 Å². The fourth-order valence-corrected chi connectivity index (χ4v) is 6.48. The summed E-state index contributed by atoms with van der Waals surface area (Å²) >= 11 is 0. The zero-order valence-corrected chi connectivity index (χ0v) is 25.4. The molecule has 3 heterocycles. The molecule has 5 aromatic rings. The average molecular weight is 582 g/mol. The van der Waals surface area contributed by atoms with E-state index in [0.29, 0.717) is 12.1 Å². The highest BCUT2D eigenvalue weighted by molar-refractivity contribution is 5.75. The Morgan fingerprint density at radius 3 is 2.52 bits per heavy atom. The van der Waals surface area contributed by atoms with E-state index in [1.54, 1.807) is 0 Å². The average Bonchev–Trinajstić information content (AvgIpc) is 3.60. The summed E-state index contributed by atoms with van der Waals surface area (Å²) < 4.78 is 2.04. The number of allylic oxidation sites excluding steroid dienone is 1. The van der Waals surface area contributed by atoms with Gasteiger partial charge in [-0.2, -0.15) is 5.10 Å². The Kier molecular flexibility index (Phi) is 8.05. The number of benzene rings is 3. The molecule has 0 fully saturated rings. The third-order valence-electron chi connectivity index (χ3n) is 8.89. The van der Waals surface area contributed by atoms with Crippen LogP contribution in [-0.2, 0) is 26.2 Å². The lowest BCUT2D eigenvalue weighted by Crippen LogP contribution is -2.37. The summed E-state index contributed by atoms with van der Waals surface area (Å²) in [6.07, 6.45) is 10.8. The number of H-pyrrole nitrogens is 1. The third kappa shape index (κ3) is 6.07. The van der Waals surface area contributed by atoms with Crippen molar-refractivity contribution in [1.82, 2.24) is 30.0 Å². The zero-order chi connectivity index (χ0) is 29.9. The lowest BCUT2D eigenvalue weighted by atomic mass is 9.89. The van der Waals surface area contributed by atoms with Crippen molar-refractivity contribution in [3.05, 3.63) is 137 Å². The minimum Gasteiger partial charge on any atom is -0.341 e.